The van der Waals surface area contributed by atoms with Crippen LogP contribution in [0.15, 0.2) is 31.6 Å². The second kappa shape index (κ2) is 10.6. The third kappa shape index (κ3) is 5.46. The zero-order valence-corrected chi connectivity index (χ0v) is 19.7. The summed E-state index contributed by atoms with van der Waals surface area (Å²) >= 11 is 0. The van der Waals surface area contributed by atoms with Crippen molar-refractivity contribution >= 4 is 0 Å². The van der Waals surface area contributed by atoms with E-state index in [9.17, 15) is 19.2 Å². The largest absolute Gasteiger partial charge is 0.394 e. The summed E-state index contributed by atoms with van der Waals surface area (Å²) in [7, 11) is 0. The average Bonchev–Trinajstić information content (AvgIpc) is 3.35. The van der Waals surface area contributed by atoms with Gasteiger partial charge in [0.1, 0.15) is 12.5 Å². The van der Waals surface area contributed by atoms with Gasteiger partial charge in [0, 0.05) is 23.5 Å². The monoisotopic (exact) mass is 480 g/mol. The van der Waals surface area contributed by atoms with E-state index in [2.05, 4.69) is 9.97 Å². The highest BCUT2D eigenvalue weighted by Crippen LogP contribution is 2.32. The summed E-state index contributed by atoms with van der Waals surface area (Å²) in [6, 6.07) is 0. The van der Waals surface area contributed by atoms with E-state index in [1.807, 2.05) is 13.8 Å². The van der Waals surface area contributed by atoms with Crippen molar-refractivity contribution in [2.75, 3.05) is 13.2 Å². The fourth-order valence-electron chi connectivity index (χ4n) is 4.13. The number of aromatic amines is 2. The molecule has 2 aliphatic heterocycles. The molecule has 0 spiro atoms. The predicted molar refractivity (Wildman–Crippen MR) is 122 cm³/mol. The lowest BCUT2D eigenvalue weighted by molar-refractivity contribution is -0.0314. The Kier molecular flexibility index (Phi) is 8.08. The topological polar surface area (TPSA) is 169 Å². The number of H-pyrrole nitrogens is 2. The van der Waals surface area contributed by atoms with E-state index in [1.54, 1.807) is 13.8 Å². The van der Waals surface area contributed by atoms with Crippen LogP contribution in [0.4, 0.5) is 0 Å². The molecule has 0 amide bonds. The maximum atomic E-state index is 11.6. The molecule has 2 saturated heterocycles. The van der Waals surface area contributed by atoms with Crippen LogP contribution in [0.2, 0.25) is 0 Å². The number of nitrogens with zero attached hydrogens (tertiary/aromatic N) is 2. The fourth-order valence-corrected chi connectivity index (χ4v) is 4.13. The van der Waals surface area contributed by atoms with Gasteiger partial charge in [-0.3, -0.25) is 28.7 Å². The summed E-state index contributed by atoms with van der Waals surface area (Å²) in [5.41, 5.74) is -0.776. The number of hydrogen-bond acceptors (Lipinski definition) is 8. The van der Waals surface area contributed by atoms with Gasteiger partial charge in [0.05, 0.1) is 25.4 Å². The Morgan fingerprint density at radius 1 is 0.794 bits per heavy atom. The smallest absolute Gasteiger partial charge is 0.330 e. The van der Waals surface area contributed by atoms with Gasteiger partial charge in [-0.15, -0.1) is 0 Å². The highest BCUT2D eigenvalue weighted by atomic mass is 16.5. The molecule has 2 fully saturated rings. The molecule has 6 atom stereocenters. The van der Waals surface area contributed by atoms with Crippen molar-refractivity contribution in [3.8, 4) is 0 Å². The van der Waals surface area contributed by atoms with Gasteiger partial charge in [0.2, 0.25) is 0 Å². The normalized spacial score (nSPS) is 28.5. The molecule has 4 heterocycles. The summed E-state index contributed by atoms with van der Waals surface area (Å²) in [6.45, 7) is 7.08. The van der Waals surface area contributed by atoms with Gasteiger partial charge < -0.3 is 19.7 Å². The first-order valence-corrected chi connectivity index (χ1v) is 11.2. The first-order valence-electron chi connectivity index (χ1n) is 11.2. The summed E-state index contributed by atoms with van der Waals surface area (Å²) in [5.74, 6) is 0.369. The van der Waals surface area contributed by atoms with Gasteiger partial charge in [-0.1, -0.05) is 13.8 Å². The summed E-state index contributed by atoms with van der Waals surface area (Å²) in [4.78, 5) is 50.3. The Labute approximate surface area is 194 Å². The molecule has 0 aromatic carbocycles. The number of rotatable bonds is 4. The van der Waals surface area contributed by atoms with Crippen LogP contribution in [0.1, 0.15) is 50.3 Å². The molecule has 4 N–H and O–H groups in total. The van der Waals surface area contributed by atoms with Crippen molar-refractivity contribution in [3.63, 3.8) is 0 Å². The molecule has 34 heavy (non-hydrogen) atoms. The predicted octanol–water partition coefficient (Wildman–Crippen LogP) is -0.478. The minimum atomic E-state index is -0.476. The van der Waals surface area contributed by atoms with Crippen molar-refractivity contribution < 1.29 is 19.7 Å². The molecule has 0 unspecified atom stereocenters. The van der Waals surface area contributed by atoms with Crippen molar-refractivity contribution in [1.82, 2.24) is 19.1 Å². The number of aliphatic hydroxyl groups excluding tert-OH is 2. The molecule has 2 aromatic rings. The Morgan fingerprint density at radius 2 is 1.15 bits per heavy atom. The summed E-state index contributed by atoms with van der Waals surface area (Å²) < 4.78 is 13.9. The second-order valence-electron chi connectivity index (χ2n) is 9.01. The lowest BCUT2D eigenvalue weighted by Crippen LogP contribution is -2.33. The van der Waals surface area contributed by atoms with Crippen LogP contribution >= 0.6 is 0 Å². The number of aromatic nitrogens is 4. The Morgan fingerprint density at radius 3 is 1.44 bits per heavy atom. The second-order valence-corrected chi connectivity index (χ2v) is 9.01. The summed E-state index contributed by atoms with van der Waals surface area (Å²) in [6.07, 6.45) is 2.97. The molecule has 12 nitrogen and oxygen atoms in total. The van der Waals surface area contributed by atoms with Gasteiger partial charge in [-0.05, 0) is 38.5 Å². The third-order valence-corrected chi connectivity index (χ3v) is 6.35. The minimum Gasteiger partial charge on any atom is -0.394 e. The van der Waals surface area contributed by atoms with Crippen LogP contribution in [0, 0.1) is 25.7 Å². The molecule has 0 radical (unpaired) electrons. The highest BCUT2D eigenvalue weighted by molar-refractivity contribution is 5.02. The van der Waals surface area contributed by atoms with Crippen LogP contribution in [-0.4, -0.2) is 54.7 Å². The third-order valence-electron chi connectivity index (χ3n) is 6.35. The quantitative estimate of drug-likeness (QED) is 0.455. The SMILES string of the molecule is Cc1cn([C@@H]2C[C@H](C)[C@@H](CO)O2)c(=O)[nH]c1=O.Cc1cn([C@H]2C[C@H](C)[C@@H](CO)O2)c(=O)[nH]c1=O. The standard InChI is InChI=1S/2C11H16N2O4/c2*1-6-3-9(17-8(6)5-14)13-4-7(2)10(15)12-11(13)16/h2*4,6,8-9,14H,3,5H2,1-2H3,(H,12,15,16)/t6-,8+,9+;6-,8+,9-/m00/s1. The van der Waals surface area contributed by atoms with Crippen LogP contribution in [-0.2, 0) is 9.47 Å². The number of ether oxygens (including phenoxy) is 2. The molecule has 2 aromatic heterocycles. The number of aryl methyl sites for hydroxylation is 2. The van der Waals surface area contributed by atoms with Gasteiger partial charge in [0.25, 0.3) is 11.1 Å². The minimum absolute atomic E-state index is 0.0608. The highest BCUT2D eigenvalue weighted by Gasteiger charge is 2.34. The fraction of sp³-hybridized carbons (Fsp3) is 0.636. The molecular weight excluding hydrogens is 448 g/mol. The van der Waals surface area contributed by atoms with Crippen LogP contribution in [0.5, 0.6) is 0 Å². The van der Waals surface area contributed by atoms with E-state index in [1.165, 1.54) is 21.5 Å². The Balaban J connectivity index is 0.000000191. The Hall–Kier alpha value is -2.80. The van der Waals surface area contributed by atoms with Crippen LogP contribution in [0.3, 0.4) is 0 Å². The Bertz CT molecular complexity index is 1130. The van der Waals surface area contributed by atoms with E-state index < -0.39 is 23.8 Å². The first-order chi connectivity index (χ1) is 16.0. The molecule has 12 heteroatoms. The van der Waals surface area contributed by atoms with E-state index in [0.717, 1.165) is 0 Å². The maximum absolute atomic E-state index is 11.6. The molecule has 0 bridgehead atoms. The van der Waals surface area contributed by atoms with Crippen LogP contribution < -0.4 is 22.5 Å². The number of hydrogen-bond donors (Lipinski definition) is 4. The molecule has 0 aliphatic carbocycles. The lowest BCUT2D eigenvalue weighted by atomic mass is 10.0. The van der Waals surface area contributed by atoms with Gasteiger partial charge >= 0.3 is 11.4 Å². The molecule has 4 rings (SSSR count). The van der Waals surface area contributed by atoms with Crippen molar-refractivity contribution in [2.45, 2.75) is 65.2 Å². The number of aliphatic hydroxyl groups is 2. The summed E-state index contributed by atoms with van der Waals surface area (Å²) in [5, 5.41) is 18.2. The van der Waals surface area contributed by atoms with Crippen molar-refractivity contribution in [3.05, 3.63) is 65.2 Å². The van der Waals surface area contributed by atoms with Crippen molar-refractivity contribution in [1.29, 1.82) is 0 Å². The zero-order valence-electron chi connectivity index (χ0n) is 19.7. The van der Waals surface area contributed by atoms with Crippen LogP contribution in [0.25, 0.3) is 0 Å². The molecule has 0 saturated carbocycles. The van der Waals surface area contributed by atoms with E-state index in [-0.39, 0.29) is 48.4 Å². The lowest BCUT2D eigenvalue weighted by Gasteiger charge is -2.14. The molecular formula is C22H32N4O8. The number of nitrogens with one attached hydrogen (secondary N) is 2. The molecule has 2 aliphatic rings. The van der Waals surface area contributed by atoms with E-state index in [0.29, 0.717) is 24.0 Å². The van der Waals surface area contributed by atoms with E-state index >= 15 is 0 Å². The van der Waals surface area contributed by atoms with Gasteiger partial charge in [0.15, 0.2) is 0 Å². The average molecular weight is 481 g/mol. The van der Waals surface area contributed by atoms with E-state index in [4.69, 9.17) is 19.7 Å². The van der Waals surface area contributed by atoms with Gasteiger partial charge in [-0.25, -0.2) is 9.59 Å². The van der Waals surface area contributed by atoms with Gasteiger partial charge in [-0.2, -0.15) is 0 Å². The first kappa shape index (κ1) is 25.8. The molecule has 188 valence electrons. The maximum Gasteiger partial charge on any atom is 0.330 e. The zero-order chi connectivity index (χ0) is 25.2. The van der Waals surface area contributed by atoms with Crippen molar-refractivity contribution in [2.24, 2.45) is 11.8 Å².